The zero-order valence-electron chi connectivity index (χ0n) is 14.3. The summed E-state index contributed by atoms with van der Waals surface area (Å²) in [7, 11) is 0. The first-order valence-corrected chi connectivity index (χ1v) is 8.99. The zero-order chi connectivity index (χ0) is 15.6. The minimum absolute atomic E-state index is 0.0544. The third-order valence-electron chi connectivity index (χ3n) is 4.52. The number of allylic oxidation sites excluding steroid dienone is 2. The number of ether oxygens (including phenoxy) is 1. The predicted molar refractivity (Wildman–Crippen MR) is 89.3 cm³/mol. The van der Waals surface area contributed by atoms with E-state index in [-0.39, 0.29) is 17.5 Å². The summed E-state index contributed by atoms with van der Waals surface area (Å²) in [5, 5.41) is 0. The topological polar surface area (TPSA) is 26.3 Å². The highest BCUT2D eigenvalue weighted by Crippen LogP contribution is 2.34. The van der Waals surface area contributed by atoms with Crippen molar-refractivity contribution >= 4 is 5.97 Å². The van der Waals surface area contributed by atoms with E-state index in [1.165, 1.54) is 25.7 Å². The van der Waals surface area contributed by atoms with Crippen molar-refractivity contribution in [2.75, 3.05) is 0 Å². The highest BCUT2D eigenvalue weighted by molar-refractivity contribution is 5.72. The van der Waals surface area contributed by atoms with E-state index in [9.17, 15) is 4.79 Å². The summed E-state index contributed by atoms with van der Waals surface area (Å²) in [4.78, 5) is 12.4. The van der Waals surface area contributed by atoms with Crippen LogP contribution in [0.5, 0.6) is 0 Å². The van der Waals surface area contributed by atoms with E-state index in [1.807, 2.05) is 0 Å². The van der Waals surface area contributed by atoms with E-state index < -0.39 is 0 Å². The number of carbonyl (C=O) groups excluding carboxylic acids is 1. The number of unbranched alkanes of at least 4 members (excludes halogenated alkanes) is 2. The molecule has 1 unspecified atom stereocenters. The summed E-state index contributed by atoms with van der Waals surface area (Å²) < 4.78 is 5.85. The van der Waals surface area contributed by atoms with Gasteiger partial charge in [-0.15, -0.1) is 0 Å². The fraction of sp³-hybridized carbons (Fsp3) is 0.842. The quantitative estimate of drug-likeness (QED) is 0.289. The lowest BCUT2D eigenvalue weighted by Crippen LogP contribution is -2.31. The van der Waals surface area contributed by atoms with Gasteiger partial charge in [-0.2, -0.15) is 0 Å². The van der Waals surface area contributed by atoms with Gasteiger partial charge in [-0.1, -0.05) is 38.8 Å². The SMILES string of the molecule is CCC/C=C/CCCC(CCC)C(=O)OC1(C)CCCC1. The average Bonchev–Trinajstić information content (AvgIpc) is 2.87. The molecule has 0 aliphatic heterocycles. The number of esters is 1. The fourth-order valence-electron chi connectivity index (χ4n) is 3.16. The molecule has 2 heteroatoms. The van der Waals surface area contributed by atoms with Gasteiger partial charge < -0.3 is 4.74 Å². The largest absolute Gasteiger partial charge is 0.459 e. The molecule has 0 aromatic rings. The summed E-state index contributed by atoms with van der Waals surface area (Å²) in [5.41, 5.74) is -0.176. The lowest BCUT2D eigenvalue weighted by Gasteiger charge is -2.27. The first-order chi connectivity index (χ1) is 10.1. The first kappa shape index (κ1) is 18.3. The summed E-state index contributed by atoms with van der Waals surface area (Å²) in [6.07, 6.45) is 16.5. The number of hydrogen-bond donors (Lipinski definition) is 0. The van der Waals surface area contributed by atoms with Gasteiger partial charge in [0.1, 0.15) is 5.60 Å². The molecule has 1 rings (SSSR count). The molecule has 21 heavy (non-hydrogen) atoms. The molecular weight excluding hydrogens is 260 g/mol. The number of carbonyl (C=O) groups is 1. The Morgan fingerprint density at radius 2 is 1.76 bits per heavy atom. The number of rotatable bonds is 10. The Bertz CT molecular complexity index is 314. The van der Waals surface area contributed by atoms with Crippen molar-refractivity contribution in [1.29, 1.82) is 0 Å². The maximum Gasteiger partial charge on any atom is 0.309 e. The number of hydrogen-bond acceptors (Lipinski definition) is 2. The van der Waals surface area contributed by atoms with Crippen LogP contribution < -0.4 is 0 Å². The van der Waals surface area contributed by atoms with Crippen molar-refractivity contribution in [2.45, 2.75) is 97.0 Å². The normalized spacial score (nSPS) is 19.0. The Hall–Kier alpha value is -0.790. The Labute approximate surface area is 131 Å². The van der Waals surface area contributed by atoms with Gasteiger partial charge in [0.25, 0.3) is 0 Å². The molecule has 0 aromatic heterocycles. The van der Waals surface area contributed by atoms with E-state index in [4.69, 9.17) is 4.74 Å². The lowest BCUT2D eigenvalue weighted by molar-refractivity contribution is -0.163. The maximum absolute atomic E-state index is 12.4. The molecule has 0 heterocycles. The highest BCUT2D eigenvalue weighted by Gasteiger charge is 2.34. The molecule has 0 saturated heterocycles. The molecule has 0 bridgehead atoms. The lowest BCUT2D eigenvalue weighted by atomic mass is 9.96. The van der Waals surface area contributed by atoms with E-state index >= 15 is 0 Å². The molecule has 122 valence electrons. The Morgan fingerprint density at radius 1 is 1.10 bits per heavy atom. The second-order valence-corrected chi connectivity index (χ2v) is 6.75. The zero-order valence-corrected chi connectivity index (χ0v) is 14.3. The first-order valence-electron chi connectivity index (χ1n) is 8.99. The fourth-order valence-corrected chi connectivity index (χ4v) is 3.16. The van der Waals surface area contributed by atoms with Gasteiger partial charge in [-0.3, -0.25) is 4.79 Å². The van der Waals surface area contributed by atoms with Crippen LogP contribution in [0.15, 0.2) is 12.2 Å². The Morgan fingerprint density at radius 3 is 2.38 bits per heavy atom. The van der Waals surface area contributed by atoms with Crippen molar-refractivity contribution in [2.24, 2.45) is 5.92 Å². The molecule has 0 spiro atoms. The molecule has 1 fully saturated rings. The monoisotopic (exact) mass is 294 g/mol. The van der Waals surface area contributed by atoms with Crippen LogP contribution in [-0.2, 0) is 9.53 Å². The molecule has 2 nitrogen and oxygen atoms in total. The second-order valence-electron chi connectivity index (χ2n) is 6.75. The highest BCUT2D eigenvalue weighted by atomic mass is 16.6. The van der Waals surface area contributed by atoms with Crippen LogP contribution in [0.1, 0.15) is 91.4 Å². The van der Waals surface area contributed by atoms with Crippen molar-refractivity contribution in [3.63, 3.8) is 0 Å². The van der Waals surface area contributed by atoms with E-state index in [2.05, 4.69) is 32.9 Å². The van der Waals surface area contributed by atoms with E-state index in [0.29, 0.717) is 0 Å². The van der Waals surface area contributed by atoms with Crippen LogP contribution in [0.2, 0.25) is 0 Å². The molecule has 0 radical (unpaired) electrons. The van der Waals surface area contributed by atoms with Gasteiger partial charge in [0.2, 0.25) is 0 Å². The molecule has 1 atom stereocenters. The van der Waals surface area contributed by atoms with Crippen LogP contribution >= 0.6 is 0 Å². The maximum atomic E-state index is 12.4. The molecule has 1 aliphatic rings. The van der Waals surface area contributed by atoms with Crippen molar-refractivity contribution in [3.8, 4) is 0 Å². The smallest absolute Gasteiger partial charge is 0.309 e. The van der Waals surface area contributed by atoms with Gasteiger partial charge in [0.15, 0.2) is 0 Å². The molecule has 1 aliphatic carbocycles. The van der Waals surface area contributed by atoms with Crippen molar-refractivity contribution in [1.82, 2.24) is 0 Å². The van der Waals surface area contributed by atoms with Crippen LogP contribution in [0.3, 0.4) is 0 Å². The molecular formula is C19H34O2. The molecule has 1 saturated carbocycles. The van der Waals surface area contributed by atoms with Gasteiger partial charge in [-0.25, -0.2) is 0 Å². The van der Waals surface area contributed by atoms with Crippen LogP contribution in [0, 0.1) is 5.92 Å². The standard InChI is InChI=1S/C19H34O2/c1-4-6-7-8-9-10-14-17(13-5-2)18(20)21-19(3)15-11-12-16-19/h7-8,17H,4-6,9-16H2,1-3H3/b8-7+. The summed E-state index contributed by atoms with van der Waals surface area (Å²) in [6, 6.07) is 0. The van der Waals surface area contributed by atoms with Gasteiger partial charge in [0, 0.05) is 0 Å². The Balaban J connectivity index is 2.35. The van der Waals surface area contributed by atoms with Gasteiger partial charge in [0.05, 0.1) is 5.92 Å². The van der Waals surface area contributed by atoms with Crippen LogP contribution in [0.25, 0.3) is 0 Å². The van der Waals surface area contributed by atoms with E-state index in [0.717, 1.165) is 44.9 Å². The van der Waals surface area contributed by atoms with Crippen LogP contribution in [-0.4, -0.2) is 11.6 Å². The third-order valence-corrected chi connectivity index (χ3v) is 4.52. The van der Waals surface area contributed by atoms with Crippen LogP contribution in [0.4, 0.5) is 0 Å². The van der Waals surface area contributed by atoms with Gasteiger partial charge in [-0.05, 0) is 64.7 Å². The second kappa shape index (κ2) is 10.0. The minimum atomic E-state index is -0.176. The molecule has 0 amide bonds. The average molecular weight is 294 g/mol. The molecule has 0 aromatic carbocycles. The predicted octanol–water partition coefficient (Wildman–Crippen LogP) is 5.81. The Kier molecular flexibility index (Phi) is 8.72. The third kappa shape index (κ3) is 7.15. The summed E-state index contributed by atoms with van der Waals surface area (Å²) in [5.74, 6) is 0.158. The van der Waals surface area contributed by atoms with E-state index in [1.54, 1.807) is 0 Å². The van der Waals surface area contributed by atoms with Crippen molar-refractivity contribution in [3.05, 3.63) is 12.2 Å². The summed E-state index contributed by atoms with van der Waals surface area (Å²) in [6.45, 7) is 6.45. The summed E-state index contributed by atoms with van der Waals surface area (Å²) >= 11 is 0. The van der Waals surface area contributed by atoms with Gasteiger partial charge >= 0.3 is 5.97 Å². The van der Waals surface area contributed by atoms with Crippen molar-refractivity contribution < 1.29 is 9.53 Å². The molecule has 0 N–H and O–H groups in total. The minimum Gasteiger partial charge on any atom is -0.459 e.